The Hall–Kier alpha value is -1.10. The maximum Gasteiger partial charge on any atom is 0.307 e. The lowest BCUT2D eigenvalue weighted by molar-refractivity contribution is -0.140. The number of amides is 1. The third-order valence-corrected chi connectivity index (χ3v) is 3.85. The number of ether oxygens (including phenoxy) is 1. The Kier molecular flexibility index (Phi) is 3.90. The number of rotatable bonds is 4. The molecule has 0 aromatic rings. The van der Waals surface area contributed by atoms with Gasteiger partial charge < -0.3 is 15.2 Å². The highest BCUT2D eigenvalue weighted by atomic mass is 16.5. The second kappa shape index (κ2) is 5.26. The van der Waals surface area contributed by atoms with Gasteiger partial charge in [0.05, 0.1) is 17.9 Å². The summed E-state index contributed by atoms with van der Waals surface area (Å²) < 4.78 is 5.64. The van der Waals surface area contributed by atoms with Crippen molar-refractivity contribution >= 4 is 11.9 Å². The van der Waals surface area contributed by atoms with Crippen LogP contribution in [-0.2, 0) is 14.3 Å². The minimum atomic E-state index is -0.859. The molecule has 18 heavy (non-hydrogen) atoms. The van der Waals surface area contributed by atoms with Gasteiger partial charge in [0.25, 0.3) is 0 Å². The summed E-state index contributed by atoms with van der Waals surface area (Å²) in [5.41, 5.74) is 0. The second-order valence-electron chi connectivity index (χ2n) is 5.67. The summed E-state index contributed by atoms with van der Waals surface area (Å²) in [5.74, 6) is -1.30. The molecule has 1 amide bonds. The molecule has 0 radical (unpaired) electrons. The largest absolute Gasteiger partial charge is 0.481 e. The summed E-state index contributed by atoms with van der Waals surface area (Å²) >= 11 is 0. The van der Waals surface area contributed by atoms with Gasteiger partial charge in [0.15, 0.2) is 0 Å². The Morgan fingerprint density at radius 1 is 1.28 bits per heavy atom. The predicted octanol–water partition coefficient (Wildman–Crippen LogP) is 1.03. The Morgan fingerprint density at radius 3 is 2.56 bits per heavy atom. The van der Waals surface area contributed by atoms with E-state index in [9.17, 15) is 9.59 Å². The maximum atomic E-state index is 11.8. The van der Waals surface area contributed by atoms with Crippen molar-refractivity contribution in [3.05, 3.63) is 0 Å². The molecule has 1 heterocycles. The fourth-order valence-electron chi connectivity index (χ4n) is 2.49. The van der Waals surface area contributed by atoms with Gasteiger partial charge >= 0.3 is 5.97 Å². The highest BCUT2D eigenvalue weighted by molar-refractivity contribution is 5.89. The van der Waals surface area contributed by atoms with Crippen molar-refractivity contribution in [2.75, 3.05) is 6.61 Å². The smallest absolute Gasteiger partial charge is 0.307 e. The number of carbonyl (C=O) groups excluding carboxylic acids is 1. The molecule has 2 aliphatic rings. The van der Waals surface area contributed by atoms with E-state index in [0.717, 1.165) is 12.8 Å². The molecule has 5 heteroatoms. The average Bonchev–Trinajstić information content (AvgIpc) is 3.09. The first kappa shape index (κ1) is 13.3. The van der Waals surface area contributed by atoms with E-state index in [1.54, 1.807) is 0 Å². The summed E-state index contributed by atoms with van der Waals surface area (Å²) in [7, 11) is 0. The Bertz CT molecular complexity index is 342. The van der Waals surface area contributed by atoms with Crippen LogP contribution >= 0.6 is 0 Å². The van der Waals surface area contributed by atoms with Crippen molar-refractivity contribution in [3.63, 3.8) is 0 Å². The second-order valence-corrected chi connectivity index (χ2v) is 5.67. The number of aliphatic carboxylic acids is 1. The maximum absolute atomic E-state index is 11.8. The lowest BCUT2D eigenvalue weighted by Crippen LogP contribution is -2.44. The zero-order valence-corrected chi connectivity index (χ0v) is 10.9. The van der Waals surface area contributed by atoms with E-state index in [1.807, 2.05) is 0 Å². The number of hydrogen-bond acceptors (Lipinski definition) is 3. The monoisotopic (exact) mass is 255 g/mol. The summed E-state index contributed by atoms with van der Waals surface area (Å²) in [4.78, 5) is 22.6. The lowest BCUT2D eigenvalue weighted by atomic mass is 9.95. The Balaban J connectivity index is 1.79. The highest BCUT2D eigenvalue weighted by Crippen LogP contribution is 2.39. The van der Waals surface area contributed by atoms with Gasteiger partial charge in [-0.2, -0.15) is 0 Å². The van der Waals surface area contributed by atoms with E-state index in [4.69, 9.17) is 9.84 Å². The molecule has 1 aliphatic carbocycles. The summed E-state index contributed by atoms with van der Waals surface area (Å²) in [6.07, 6.45) is 2.32. The number of hydrogen-bond donors (Lipinski definition) is 2. The van der Waals surface area contributed by atoms with E-state index >= 15 is 0 Å². The first-order valence-electron chi connectivity index (χ1n) is 6.63. The third-order valence-electron chi connectivity index (χ3n) is 3.85. The van der Waals surface area contributed by atoms with Crippen molar-refractivity contribution < 1.29 is 19.4 Å². The van der Waals surface area contributed by atoms with Crippen LogP contribution in [0.25, 0.3) is 0 Å². The van der Waals surface area contributed by atoms with Crippen LogP contribution in [0.3, 0.4) is 0 Å². The summed E-state index contributed by atoms with van der Waals surface area (Å²) in [6, 6.07) is 0.133. The number of carbonyl (C=O) groups is 2. The highest BCUT2D eigenvalue weighted by Gasteiger charge is 2.48. The molecule has 0 aromatic heterocycles. The van der Waals surface area contributed by atoms with Gasteiger partial charge in [-0.05, 0) is 25.2 Å². The molecular weight excluding hydrogens is 234 g/mol. The number of carboxylic acids is 1. The molecule has 0 aromatic carbocycles. The quantitative estimate of drug-likeness (QED) is 0.786. The van der Waals surface area contributed by atoms with E-state index < -0.39 is 11.9 Å². The number of carboxylic acid groups (broad SMARTS) is 1. The molecule has 1 saturated heterocycles. The van der Waals surface area contributed by atoms with Crippen molar-refractivity contribution in [2.24, 2.45) is 17.8 Å². The van der Waals surface area contributed by atoms with Gasteiger partial charge in [0, 0.05) is 12.6 Å². The zero-order chi connectivity index (χ0) is 13.3. The van der Waals surface area contributed by atoms with E-state index in [0.29, 0.717) is 18.9 Å². The third kappa shape index (κ3) is 3.02. The average molecular weight is 255 g/mol. The first-order valence-corrected chi connectivity index (χ1v) is 6.63. The molecule has 102 valence electrons. The van der Waals surface area contributed by atoms with Gasteiger partial charge in [-0.25, -0.2) is 0 Å². The van der Waals surface area contributed by atoms with E-state index in [-0.39, 0.29) is 24.0 Å². The molecule has 4 atom stereocenters. The summed E-state index contributed by atoms with van der Waals surface area (Å²) in [5, 5.41) is 11.8. The fraction of sp³-hybridized carbons (Fsp3) is 0.846. The van der Waals surface area contributed by atoms with Gasteiger partial charge in [-0.1, -0.05) is 13.8 Å². The standard InChI is InChI=1S/C13H21NO4/c1-7(2)11-5-8(3-4-18-11)14-12(15)9-6-10(9)13(16)17/h7-11H,3-6H2,1-2H3,(H,14,15)(H,16,17). The predicted molar refractivity (Wildman–Crippen MR) is 65.0 cm³/mol. The van der Waals surface area contributed by atoms with Crippen LogP contribution in [0.4, 0.5) is 0 Å². The Labute approximate surface area is 107 Å². The zero-order valence-electron chi connectivity index (χ0n) is 10.9. The van der Waals surface area contributed by atoms with Crippen LogP contribution < -0.4 is 5.32 Å². The molecule has 0 spiro atoms. The van der Waals surface area contributed by atoms with Gasteiger partial charge in [-0.15, -0.1) is 0 Å². The van der Waals surface area contributed by atoms with Crippen LogP contribution in [0.5, 0.6) is 0 Å². The normalized spacial score (nSPS) is 35.3. The van der Waals surface area contributed by atoms with Gasteiger partial charge in [-0.3, -0.25) is 9.59 Å². The molecule has 1 aliphatic heterocycles. The van der Waals surface area contributed by atoms with Crippen molar-refractivity contribution in [3.8, 4) is 0 Å². The molecule has 2 fully saturated rings. The SMILES string of the molecule is CC(C)C1CC(NC(=O)C2CC2C(=O)O)CCO1. The van der Waals surface area contributed by atoms with Crippen molar-refractivity contribution in [2.45, 2.75) is 45.3 Å². The van der Waals surface area contributed by atoms with Crippen LogP contribution in [0.15, 0.2) is 0 Å². The summed E-state index contributed by atoms with van der Waals surface area (Å²) in [6.45, 7) is 4.88. The molecule has 5 nitrogen and oxygen atoms in total. The van der Waals surface area contributed by atoms with Crippen LogP contribution in [0.1, 0.15) is 33.1 Å². The van der Waals surface area contributed by atoms with Crippen LogP contribution in [0, 0.1) is 17.8 Å². The minimum Gasteiger partial charge on any atom is -0.481 e. The van der Waals surface area contributed by atoms with E-state index in [1.165, 1.54) is 0 Å². The van der Waals surface area contributed by atoms with Crippen LogP contribution in [-0.4, -0.2) is 35.7 Å². The van der Waals surface area contributed by atoms with Gasteiger partial charge in [0.2, 0.25) is 5.91 Å². The van der Waals surface area contributed by atoms with Crippen LogP contribution in [0.2, 0.25) is 0 Å². The van der Waals surface area contributed by atoms with Gasteiger partial charge in [0.1, 0.15) is 0 Å². The first-order chi connectivity index (χ1) is 8.49. The van der Waals surface area contributed by atoms with Crippen molar-refractivity contribution in [1.29, 1.82) is 0 Å². The number of nitrogens with one attached hydrogen (secondary N) is 1. The molecule has 0 bridgehead atoms. The van der Waals surface area contributed by atoms with Crippen molar-refractivity contribution in [1.82, 2.24) is 5.32 Å². The molecule has 4 unspecified atom stereocenters. The minimum absolute atomic E-state index is 0.100. The molecule has 2 N–H and O–H groups in total. The topological polar surface area (TPSA) is 75.6 Å². The molecule has 2 rings (SSSR count). The lowest BCUT2D eigenvalue weighted by Gasteiger charge is -2.32. The fourth-order valence-corrected chi connectivity index (χ4v) is 2.49. The molecule has 1 saturated carbocycles. The Morgan fingerprint density at radius 2 is 2.00 bits per heavy atom. The molecular formula is C13H21NO4. The van der Waals surface area contributed by atoms with E-state index in [2.05, 4.69) is 19.2 Å².